The van der Waals surface area contributed by atoms with Gasteiger partial charge in [-0.1, -0.05) is 18.2 Å². The molecule has 10 nitrogen and oxygen atoms in total. The summed E-state index contributed by atoms with van der Waals surface area (Å²) >= 11 is 0. The Balaban J connectivity index is 1.64. The topological polar surface area (TPSA) is 106 Å². The molecule has 0 spiro atoms. The number of carbonyl (C=O) groups excluding carboxylic acids is 1. The van der Waals surface area contributed by atoms with E-state index in [1.165, 1.54) is 13.2 Å². The number of nitrogens with one attached hydrogen (secondary N) is 1. The van der Waals surface area contributed by atoms with Gasteiger partial charge in [0.25, 0.3) is 11.6 Å². The van der Waals surface area contributed by atoms with Crippen molar-refractivity contribution in [3.63, 3.8) is 0 Å². The van der Waals surface area contributed by atoms with Crippen molar-refractivity contribution in [1.82, 2.24) is 0 Å². The number of methoxy groups -OCH3 is 2. The molecule has 3 aromatic carbocycles. The summed E-state index contributed by atoms with van der Waals surface area (Å²) in [4.78, 5) is 29.0. The lowest BCUT2D eigenvalue weighted by Crippen LogP contribution is -2.43. The fourth-order valence-corrected chi connectivity index (χ4v) is 4.65. The third-order valence-corrected chi connectivity index (χ3v) is 6.44. The molecule has 0 aliphatic carbocycles. The molecule has 2 heterocycles. The Kier molecular flexibility index (Phi) is 6.34. The number of hydrogen-bond acceptors (Lipinski definition) is 8. The summed E-state index contributed by atoms with van der Waals surface area (Å²) in [6.07, 6.45) is -0.716. The van der Waals surface area contributed by atoms with Crippen molar-refractivity contribution in [2.45, 2.75) is 6.17 Å². The number of para-hydroxylation sites is 1. The van der Waals surface area contributed by atoms with E-state index in [0.717, 1.165) is 0 Å². The third-order valence-electron chi connectivity index (χ3n) is 6.44. The number of carbonyl (C=O) groups is 1. The average Bonchev–Trinajstić information content (AvgIpc) is 2.93. The number of morpholine rings is 1. The summed E-state index contributed by atoms with van der Waals surface area (Å²) in [7, 11) is 3.07. The molecule has 2 aliphatic rings. The number of nitro groups is 1. The SMILES string of the molecule is COc1ccc(N2C(=O)c3ccccc3NC2c2ccc(N3CCOCC3)c([N+](=O)[O-])c2)c(OC)c1. The number of hydrogen-bond donors (Lipinski definition) is 1. The Morgan fingerprint density at radius 2 is 1.75 bits per heavy atom. The lowest BCUT2D eigenvalue weighted by molar-refractivity contribution is -0.384. The Bertz CT molecular complexity index is 1310. The molecule has 1 fully saturated rings. The van der Waals surface area contributed by atoms with E-state index in [1.54, 1.807) is 48.4 Å². The maximum Gasteiger partial charge on any atom is 0.292 e. The van der Waals surface area contributed by atoms with Crippen LogP contribution in [-0.2, 0) is 4.74 Å². The molecule has 1 N–H and O–H groups in total. The standard InChI is InChI=1S/C26H26N4O6/c1-34-18-8-10-22(24(16-18)35-2)29-25(27-20-6-4-3-5-19(20)26(29)31)17-7-9-21(23(15-17)30(32)33)28-11-13-36-14-12-28/h3-10,15-16,25,27H,11-14H2,1-2H3. The highest BCUT2D eigenvalue weighted by Gasteiger charge is 2.37. The Hall–Kier alpha value is -4.31. The van der Waals surface area contributed by atoms with Crippen LogP contribution < -0.4 is 24.6 Å². The van der Waals surface area contributed by atoms with Crippen LogP contribution in [-0.4, -0.2) is 51.4 Å². The van der Waals surface area contributed by atoms with E-state index in [0.29, 0.717) is 66.0 Å². The van der Waals surface area contributed by atoms with E-state index in [-0.39, 0.29) is 16.5 Å². The van der Waals surface area contributed by atoms with Crippen LogP contribution in [0.1, 0.15) is 22.1 Å². The molecule has 1 unspecified atom stereocenters. The zero-order valence-electron chi connectivity index (χ0n) is 20.0. The van der Waals surface area contributed by atoms with Gasteiger partial charge in [-0.15, -0.1) is 0 Å². The van der Waals surface area contributed by atoms with E-state index in [4.69, 9.17) is 14.2 Å². The number of rotatable bonds is 6. The highest BCUT2D eigenvalue weighted by Crippen LogP contribution is 2.43. The van der Waals surface area contributed by atoms with Gasteiger partial charge in [-0.3, -0.25) is 19.8 Å². The van der Waals surface area contributed by atoms with E-state index in [9.17, 15) is 14.9 Å². The Labute approximate surface area is 208 Å². The lowest BCUT2D eigenvalue weighted by atomic mass is 10.0. The minimum Gasteiger partial charge on any atom is -0.497 e. The largest absolute Gasteiger partial charge is 0.497 e. The number of amides is 1. The van der Waals surface area contributed by atoms with Crippen molar-refractivity contribution < 1.29 is 23.9 Å². The van der Waals surface area contributed by atoms with Crippen LogP contribution in [0.5, 0.6) is 11.5 Å². The minimum atomic E-state index is -0.716. The molecule has 1 amide bonds. The number of nitrogens with zero attached hydrogens (tertiary/aromatic N) is 3. The molecule has 0 saturated carbocycles. The number of nitro benzene ring substituents is 1. The van der Waals surface area contributed by atoms with E-state index in [2.05, 4.69) is 5.32 Å². The second-order valence-electron chi connectivity index (χ2n) is 8.41. The molecule has 0 bridgehead atoms. The zero-order valence-corrected chi connectivity index (χ0v) is 20.0. The second kappa shape index (κ2) is 9.74. The van der Waals surface area contributed by atoms with Crippen LogP contribution in [0.15, 0.2) is 60.7 Å². The van der Waals surface area contributed by atoms with Crippen LogP contribution in [0, 0.1) is 10.1 Å². The molecule has 3 aromatic rings. The number of anilines is 3. The first-order chi connectivity index (χ1) is 17.5. The van der Waals surface area contributed by atoms with Gasteiger partial charge in [0.05, 0.1) is 43.6 Å². The molecule has 10 heteroatoms. The van der Waals surface area contributed by atoms with Crippen molar-refractivity contribution >= 4 is 28.7 Å². The minimum absolute atomic E-state index is 0.0239. The molecule has 186 valence electrons. The molecule has 0 aromatic heterocycles. The van der Waals surface area contributed by atoms with Gasteiger partial charge in [0.2, 0.25) is 0 Å². The Morgan fingerprint density at radius 1 is 1.00 bits per heavy atom. The van der Waals surface area contributed by atoms with Crippen LogP contribution in [0.4, 0.5) is 22.7 Å². The first-order valence-corrected chi connectivity index (χ1v) is 11.5. The first kappa shape index (κ1) is 23.4. The van der Waals surface area contributed by atoms with Gasteiger partial charge in [-0.25, -0.2) is 0 Å². The monoisotopic (exact) mass is 490 g/mol. The van der Waals surface area contributed by atoms with E-state index >= 15 is 0 Å². The fourth-order valence-electron chi connectivity index (χ4n) is 4.65. The van der Waals surface area contributed by atoms with Crippen LogP contribution in [0.2, 0.25) is 0 Å². The Morgan fingerprint density at radius 3 is 2.47 bits per heavy atom. The summed E-state index contributed by atoms with van der Waals surface area (Å²) in [6.45, 7) is 2.17. The van der Waals surface area contributed by atoms with Crippen LogP contribution in [0.25, 0.3) is 0 Å². The molecule has 1 saturated heterocycles. The molecular formula is C26H26N4O6. The third kappa shape index (κ3) is 4.16. The predicted octanol–water partition coefficient (Wildman–Crippen LogP) is 4.22. The van der Waals surface area contributed by atoms with Crippen molar-refractivity contribution in [3.05, 3.63) is 81.9 Å². The average molecular weight is 491 g/mol. The van der Waals surface area contributed by atoms with Crippen LogP contribution in [0.3, 0.4) is 0 Å². The zero-order chi connectivity index (χ0) is 25.2. The molecule has 5 rings (SSSR count). The highest BCUT2D eigenvalue weighted by atomic mass is 16.6. The highest BCUT2D eigenvalue weighted by molar-refractivity contribution is 6.12. The quantitative estimate of drug-likeness (QED) is 0.404. The normalized spacial score (nSPS) is 17.3. The summed E-state index contributed by atoms with van der Waals surface area (Å²) in [5.41, 5.74) is 2.73. The first-order valence-electron chi connectivity index (χ1n) is 11.5. The van der Waals surface area contributed by atoms with Gasteiger partial charge in [0, 0.05) is 36.5 Å². The number of benzene rings is 3. The summed E-state index contributed by atoms with van der Waals surface area (Å²) in [5.74, 6) is 0.765. The van der Waals surface area contributed by atoms with Crippen molar-refractivity contribution in [2.24, 2.45) is 0 Å². The van der Waals surface area contributed by atoms with Gasteiger partial charge in [0.1, 0.15) is 23.4 Å². The van der Waals surface area contributed by atoms with Gasteiger partial charge < -0.3 is 24.4 Å². The summed E-state index contributed by atoms with van der Waals surface area (Å²) in [6, 6.07) is 17.5. The van der Waals surface area contributed by atoms with E-state index < -0.39 is 6.17 Å². The number of fused-ring (bicyclic) bond motifs is 1. The van der Waals surface area contributed by atoms with Gasteiger partial charge in [-0.05, 0) is 30.3 Å². The smallest absolute Gasteiger partial charge is 0.292 e. The van der Waals surface area contributed by atoms with E-state index in [1.807, 2.05) is 23.1 Å². The maximum atomic E-state index is 13.8. The fraction of sp³-hybridized carbons (Fsp3) is 0.269. The van der Waals surface area contributed by atoms with Crippen molar-refractivity contribution in [2.75, 3.05) is 55.6 Å². The van der Waals surface area contributed by atoms with Gasteiger partial charge in [-0.2, -0.15) is 0 Å². The van der Waals surface area contributed by atoms with Crippen molar-refractivity contribution in [1.29, 1.82) is 0 Å². The lowest BCUT2D eigenvalue weighted by Gasteiger charge is -2.38. The van der Waals surface area contributed by atoms with Crippen LogP contribution >= 0.6 is 0 Å². The van der Waals surface area contributed by atoms with Gasteiger partial charge in [0.15, 0.2) is 0 Å². The molecule has 2 aliphatic heterocycles. The molecular weight excluding hydrogens is 464 g/mol. The second-order valence-corrected chi connectivity index (χ2v) is 8.41. The molecule has 1 atom stereocenters. The van der Waals surface area contributed by atoms with Gasteiger partial charge >= 0.3 is 0 Å². The molecule has 36 heavy (non-hydrogen) atoms. The predicted molar refractivity (Wildman–Crippen MR) is 135 cm³/mol. The van der Waals surface area contributed by atoms with Crippen molar-refractivity contribution in [3.8, 4) is 11.5 Å². The number of ether oxygens (including phenoxy) is 3. The summed E-state index contributed by atoms with van der Waals surface area (Å²) < 4.78 is 16.3. The summed E-state index contributed by atoms with van der Waals surface area (Å²) in [5, 5.41) is 15.5. The maximum absolute atomic E-state index is 13.8. The molecule has 0 radical (unpaired) electrons.